The van der Waals surface area contributed by atoms with E-state index in [1.165, 1.54) is 0 Å². The molecule has 0 fully saturated rings. The monoisotopic (exact) mass is 173 g/mol. The second kappa shape index (κ2) is 3.11. The molecule has 0 aliphatic heterocycles. The Hall–Kier alpha value is -1.48. The molecule has 66 valence electrons. The molecule has 1 aromatic heterocycles. The summed E-state index contributed by atoms with van der Waals surface area (Å²) < 4.78 is 0. The Balaban J connectivity index is 2.77. The van der Waals surface area contributed by atoms with Crippen molar-refractivity contribution >= 4 is 10.9 Å². The molecule has 0 bridgehead atoms. The first-order valence-electron chi connectivity index (χ1n) is 4.22. The van der Waals surface area contributed by atoms with E-state index in [1.54, 1.807) is 0 Å². The topological polar surface area (TPSA) is 51.8 Å². The number of benzene rings is 1. The maximum Gasteiger partial charge on any atom is 0.125 e. The zero-order valence-corrected chi connectivity index (χ0v) is 7.49. The first-order chi connectivity index (χ1) is 6.31. The molecule has 13 heavy (non-hydrogen) atoms. The highest BCUT2D eigenvalue weighted by atomic mass is 14.9. The van der Waals surface area contributed by atoms with Crippen molar-refractivity contribution in [1.29, 1.82) is 0 Å². The number of nitrogens with two attached hydrogens (primary N) is 1. The molecule has 3 nitrogen and oxygen atoms in total. The van der Waals surface area contributed by atoms with Gasteiger partial charge in [0.15, 0.2) is 0 Å². The molecular weight excluding hydrogens is 162 g/mol. The van der Waals surface area contributed by atoms with Gasteiger partial charge in [0.25, 0.3) is 0 Å². The predicted octanol–water partition coefficient (Wildman–Crippen LogP) is 1.40. The van der Waals surface area contributed by atoms with Gasteiger partial charge < -0.3 is 5.73 Å². The van der Waals surface area contributed by atoms with Gasteiger partial charge >= 0.3 is 0 Å². The summed E-state index contributed by atoms with van der Waals surface area (Å²) in [5, 5.41) is 1.05. The number of aromatic nitrogens is 2. The lowest BCUT2D eigenvalue weighted by molar-refractivity contribution is 1.06. The minimum atomic E-state index is 0.532. The first kappa shape index (κ1) is 8.13. The van der Waals surface area contributed by atoms with Crippen LogP contribution in [-0.2, 0) is 6.54 Å². The van der Waals surface area contributed by atoms with Crippen LogP contribution in [0.3, 0.4) is 0 Å². The minimum absolute atomic E-state index is 0.532. The zero-order valence-electron chi connectivity index (χ0n) is 7.49. The average molecular weight is 173 g/mol. The van der Waals surface area contributed by atoms with Crippen molar-refractivity contribution in [2.24, 2.45) is 5.73 Å². The molecule has 1 heterocycles. The van der Waals surface area contributed by atoms with Gasteiger partial charge in [-0.15, -0.1) is 0 Å². The van der Waals surface area contributed by atoms with Gasteiger partial charge in [-0.2, -0.15) is 0 Å². The smallest absolute Gasteiger partial charge is 0.125 e. The molecule has 0 amide bonds. The van der Waals surface area contributed by atoms with E-state index in [2.05, 4.69) is 9.97 Å². The van der Waals surface area contributed by atoms with E-state index in [0.717, 1.165) is 22.3 Å². The Bertz CT molecular complexity index is 437. The molecule has 0 aliphatic rings. The minimum Gasteiger partial charge on any atom is -0.326 e. The van der Waals surface area contributed by atoms with Crippen LogP contribution in [0.15, 0.2) is 24.4 Å². The molecule has 0 saturated carbocycles. The molecular formula is C10H11N3. The van der Waals surface area contributed by atoms with Crippen LogP contribution in [0.5, 0.6) is 0 Å². The Kier molecular flexibility index (Phi) is 1.94. The number of aryl methyl sites for hydroxylation is 1. The fourth-order valence-corrected chi connectivity index (χ4v) is 1.39. The zero-order chi connectivity index (χ0) is 9.26. The lowest BCUT2D eigenvalue weighted by Gasteiger charge is -2.02. The molecule has 0 aliphatic carbocycles. The number of hydrogen-bond acceptors (Lipinski definition) is 3. The Labute approximate surface area is 76.6 Å². The van der Waals surface area contributed by atoms with Crippen molar-refractivity contribution in [3.63, 3.8) is 0 Å². The van der Waals surface area contributed by atoms with Crippen LogP contribution in [0, 0.1) is 6.92 Å². The molecule has 0 saturated heterocycles. The quantitative estimate of drug-likeness (QED) is 0.709. The maximum absolute atomic E-state index is 5.60. The predicted molar refractivity (Wildman–Crippen MR) is 52.2 cm³/mol. The summed E-state index contributed by atoms with van der Waals surface area (Å²) in [5.41, 5.74) is 7.66. The SMILES string of the molecule is Cc1ncc2c(CN)cccc2n1. The summed E-state index contributed by atoms with van der Waals surface area (Å²) in [4.78, 5) is 8.47. The van der Waals surface area contributed by atoms with Crippen molar-refractivity contribution in [2.45, 2.75) is 13.5 Å². The standard InChI is InChI=1S/C10H11N3/c1-7-12-6-9-8(5-11)3-2-4-10(9)13-7/h2-4,6H,5,11H2,1H3. The third-order valence-electron chi connectivity index (χ3n) is 2.06. The van der Waals surface area contributed by atoms with Crippen molar-refractivity contribution in [3.8, 4) is 0 Å². The fraction of sp³-hybridized carbons (Fsp3) is 0.200. The number of hydrogen-bond donors (Lipinski definition) is 1. The van der Waals surface area contributed by atoms with E-state index < -0.39 is 0 Å². The maximum atomic E-state index is 5.60. The summed E-state index contributed by atoms with van der Waals surface area (Å²) in [5.74, 6) is 0.793. The highest BCUT2D eigenvalue weighted by molar-refractivity contribution is 5.81. The summed E-state index contributed by atoms with van der Waals surface area (Å²) in [6.45, 7) is 2.42. The summed E-state index contributed by atoms with van der Waals surface area (Å²) in [6.07, 6.45) is 1.83. The van der Waals surface area contributed by atoms with Gasteiger partial charge in [0.2, 0.25) is 0 Å². The van der Waals surface area contributed by atoms with Gasteiger partial charge in [-0.1, -0.05) is 12.1 Å². The number of fused-ring (bicyclic) bond motifs is 1. The molecule has 0 atom stereocenters. The molecule has 0 unspecified atom stereocenters. The van der Waals surface area contributed by atoms with E-state index in [9.17, 15) is 0 Å². The molecule has 0 radical (unpaired) electrons. The molecule has 2 N–H and O–H groups in total. The largest absolute Gasteiger partial charge is 0.326 e. The van der Waals surface area contributed by atoms with Crippen LogP contribution in [0.2, 0.25) is 0 Å². The lowest BCUT2D eigenvalue weighted by atomic mass is 10.1. The number of rotatable bonds is 1. The third kappa shape index (κ3) is 1.38. The van der Waals surface area contributed by atoms with Gasteiger partial charge in [0, 0.05) is 18.1 Å². The van der Waals surface area contributed by atoms with Crippen LogP contribution in [0.1, 0.15) is 11.4 Å². The van der Waals surface area contributed by atoms with Crippen LogP contribution < -0.4 is 5.73 Å². The van der Waals surface area contributed by atoms with Crippen molar-refractivity contribution in [2.75, 3.05) is 0 Å². The third-order valence-corrected chi connectivity index (χ3v) is 2.06. The van der Waals surface area contributed by atoms with E-state index in [0.29, 0.717) is 6.54 Å². The highest BCUT2D eigenvalue weighted by Gasteiger charge is 2.00. The van der Waals surface area contributed by atoms with Crippen molar-refractivity contribution < 1.29 is 0 Å². The van der Waals surface area contributed by atoms with Gasteiger partial charge in [0.05, 0.1) is 5.52 Å². The number of nitrogens with zero attached hydrogens (tertiary/aromatic N) is 2. The average Bonchev–Trinajstić information content (AvgIpc) is 2.16. The van der Waals surface area contributed by atoms with Gasteiger partial charge in [-0.3, -0.25) is 0 Å². The molecule has 1 aromatic carbocycles. The van der Waals surface area contributed by atoms with Crippen LogP contribution >= 0.6 is 0 Å². The normalized spacial score (nSPS) is 10.6. The van der Waals surface area contributed by atoms with Gasteiger partial charge in [-0.05, 0) is 18.6 Å². The summed E-state index contributed by atoms with van der Waals surface area (Å²) in [6, 6.07) is 5.95. The summed E-state index contributed by atoms with van der Waals surface area (Å²) >= 11 is 0. The molecule has 0 spiro atoms. The van der Waals surface area contributed by atoms with Crippen LogP contribution in [0.4, 0.5) is 0 Å². The Morgan fingerprint density at radius 3 is 3.00 bits per heavy atom. The molecule has 3 heteroatoms. The molecule has 2 rings (SSSR count). The van der Waals surface area contributed by atoms with Crippen molar-refractivity contribution in [3.05, 3.63) is 35.8 Å². The van der Waals surface area contributed by atoms with Crippen LogP contribution in [0.25, 0.3) is 10.9 Å². The van der Waals surface area contributed by atoms with E-state index in [-0.39, 0.29) is 0 Å². The lowest BCUT2D eigenvalue weighted by Crippen LogP contribution is -1.98. The summed E-state index contributed by atoms with van der Waals surface area (Å²) in [7, 11) is 0. The highest BCUT2D eigenvalue weighted by Crippen LogP contribution is 2.15. The van der Waals surface area contributed by atoms with E-state index in [1.807, 2.05) is 31.3 Å². The van der Waals surface area contributed by atoms with Crippen molar-refractivity contribution in [1.82, 2.24) is 9.97 Å². The van der Waals surface area contributed by atoms with E-state index >= 15 is 0 Å². The van der Waals surface area contributed by atoms with Gasteiger partial charge in [0.1, 0.15) is 5.82 Å². The van der Waals surface area contributed by atoms with Crippen LogP contribution in [-0.4, -0.2) is 9.97 Å². The van der Waals surface area contributed by atoms with E-state index in [4.69, 9.17) is 5.73 Å². The first-order valence-corrected chi connectivity index (χ1v) is 4.22. The van der Waals surface area contributed by atoms with Gasteiger partial charge in [-0.25, -0.2) is 9.97 Å². The Morgan fingerprint density at radius 1 is 1.38 bits per heavy atom. The second-order valence-corrected chi connectivity index (χ2v) is 2.97. The molecule has 2 aromatic rings. The second-order valence-electron chi connectivity index (χ2n) is 2.97. The Morgan fingerprint density at radius 2 is 2.23 bits per heavy atom. The fourth-order valence-electron chi connectivity index (χ4n) is 1.39.